The highest BCUT2D eigenvalue weighted by molar-refractivity contribution is 7.98. The van der Waals surface area contributed by atoms with Crippen LogP contribution in [0.5, 0.6) is 0 Å². The van der Waals surface area contributed by atoms with Crippen molar-refractivity contribution in [2.75, 3.05) is 6.54 Å². The van der Waals surface area contributed by atoms with Crippen LogP contribution in [0, 0.1) is 6.92 Å². The summed E-state index contributed by atoms with van der Waals surface area (Å²) in [6, 6.07) is 7.58. The predicted molar refractivity (Wildman–Crippen MR) is 115 cm³/mol. The molecule has 2 amide bonds. The average molecular weight is 418 g/mol. The molecular formula is C21H27N3O2S2. The van der Waals surface area contributed by atoms with Crippen LogP contribution in [0.15, 0.2) is 34.5 Å². The number of amides is 2. The maximum Gasteiger partial charge on any atom is 0.252 e. The van der Waals surface area contributed by atoms with Crippen molar-refractivity contribution in [3.8, 4) is 0 Å². The maximum absolute atomic E-state index is 12.8. The lowest BCUT2D eigenvalue weighted by molar-refractivity contribution is -0.128. The van der Waals surface area contributed by atoms with Gasteiger partial charge in [-0.15, -0.1) is 23.1 Å². The van der Waals surface area contributed by atoms with E-state index in [9.17, 15) is 9.59 Å². The molecule has 7 heteroatoms. The highest BCUT2D eigenvalue weighted by atomic mass is 32.2. The largest absolute Gasteiger partial charge is 0.354 e. The number of benzene rings is 1. The Labute approximate surface area is 174 Å². The number of thioether (sulfide) groups is 1. The first-order valence-corrected chi connectivity index (χ1v) is 11.6. The Morgan fingerprint density at radius 2 is 1.89 bits per heavy atom. The molecule has 5 nitrogen and oxygen atoms in total. The molecule has 1 aromatic carbocycles. The molecule has 0 spiro atoms. The summed E-state index contributed by atoms with van der Waals surface area (Å²) < 4.78 is 0. The third-order valence-electron chi connectivity index (χ3n) is 5.00. The van der Waals surface area contributed by atoms with E-state index in [4.69, 9.17) is 0 Å². The Kier molecular flexibility index (Phi) is 7.13. The number of carbonyl (C=O) groups excluding carboxylic acids is 2. The Morgan fingerprint density at radius 3 is 2.50 bits per heavy atom. The molecule has 1 fully saturated rings. The summed E-state index contributed by atoms with van der Waals surface area (Å²) in [4.78, 5) is 31.0. The standard InChI is InChI=1S/C21H27N3O2S2/c1-3-22-20(26)21(11-5-4-6-12-21)24-19(25)16-7-9-18(10-8-16)28-14-17-13-27-15(2)23-17/h7-10,13H,3-6,11-12,14H2,1-2H3,(H,22,26)(H,24,25). The van der Waals surface area contributed by atoms with Gasteiger partial charge < -0.3 is 10.6 Å². The SMILES string of the molecule is CCNC(=O)C1(NC(=O)c2ccc(SCc3csc(C)n3)cc2)CCCCC1. The fourth-order valence-electron chi connectivity index (χ4n) is 3.52. The molecule has 28 heavy (non-hydrogen) atoms. The molecule has 0 unspecified atom stereocenters. The number of hydrogen-bond acceptors (Lipinski definition) is 5. The van der Waals surface area contributed by atoms with E-state index in [-0.39, 0.29) is 11.8 Å². The molecule has 1 aromatic heterocycles. The van der Waals surface area contributed by atoms with Gasteiger partial charge in [0.2, 0.25) is 5.91 Å². The molecule has 1 aliphatic carbocycles. The zero-order chi connectivity index (χ0) is 20.0. The summed E-state index contributed by atoms with van der Waals surface area (Å²) >= 11 is 3.36. The summed E-state index contributed by atoms with van der Waals surface area (Å²) in [6.07, 6.45) is 4.44. The molecule has 2 aromatic rings. The van der Waals surface area contributed by atoms with E-state index in [0.717, 1.165) is 40.6 Å². The third kappa shape index (κ3) is 5.14. The Bertz CT molecular complexity index is 811. The number of nitrogens with zero attached hydrogens (tertiary/aromatic N) is 1. The van der Waals surface area contributed by atoms with E-state index in [2.05, 4.69) is 21.0 Å². The Hall–Kier alpha value is -1.86. The lowest BCUT2D eigenvalue weighted by Gasteiger charge is -2.36. The first kappa shape index (κ1) is 20.9. The van der Waals surface area contributed by atoms with E-state index in [0.29, 0.717) is 24.9 Å². The van der Waals surface area contributed by atoms with Crippen LogP contribution in [0.2, 0.25) is 0 Å². The molecule has 1 heterocycles. The topological polar surface area (TPSA) is 71.1 Å². The van der Waals surface area contributed by atoms with Crippen molar-refractivity contribution in [2.45, 2.75) is 62.1 Å². The highest BCUT2D eigenvalue weighted by Crippen LogP contribution is 2.29. The number of aromatic nitrogens is 1. The van der Waals surface area contributed by atoms with Gasteiger partial charge in [0.25, 0.3) is 5.91 Å². The van der Waals surface area contributed by atoms with E-state index in [1.54, 1.807) is 23.1 Å². The first-order chi connectivity index (χ1) is 13.5. The Balaban J connectivity index is 1.63. The molecule has 0 atom stereocenters. The summed E-state index contributed by atoms with van der Waals surface area (Å²) in [5.41, 5.74) is 0.889. The van der Waals surface area contributed by atoms with Gasteiger partial charge in [-0.3, -0.25) is 9.59 Å². The van der Waals surface area contributed by atoms with Crippen LogP contribution >= 0.6 is 23.1 Å². The molecule has 0 radical (unpaired) electrons. The van der Waals surface area contributed by atoms with Crippen LogP contribution in [0.4, 0.5) is 0 Å². The minimum absolute atomic E-state index is 0.0613. The quantitative estimate of drug-likeness (QED) is 0.659. The average Bonchev–Trinajstić information content (AvgIpc) is 3.13. The van der Waals surface area contributed by atoms with Gasteiger partial charge in [-0.2, -0.15) is 0 Å². The minimum Gasteiger partial charge on any atom is -0.354 e. The molecule has 150 valence electrons. The van der Waals surface area contributed by atoms with Crippen LogP contribution in [0.3, 0.4) is 0 Å². The van der Waals surface area contributed by atoms with Gasteiger partial charge in [-0.1, -0.05) is 19.3 Å². The summed E-state index contributed by atoms with van der Waals surface area (Å²) in [7, 11) is 0. The molecule has 0 bridgehead atoms. The lowest BCUT2D eigenvalue weighted by atomic mass is 9.80. The second kappa shape index (κ2) is 9.56. The van der Waals surface area contributed by atoms with Crippen molar-refractivity contribution in [2.24, 2.45) is 0 Å². The number of hydrogen-bond donors (Lipinski definition) is 2. The van der Waals surface area contributed by atoms with Crippen molar-refractivity contribution in [3.05, 3.63) is 45.9 Å². The summed E-state index contributed by atoms with van der Waals surface area (Å²) in [5, 5.41) is 9.09. The molecular weight excluding hydrogens is 390 g/mol. The number of aryl methyl sites for hydroxylation is 1. The third-order valence-corrected chi connectivity index (χ3v) is 6.87. The Morgan fingerprint density at radius 1 is 1.18 bits per heavy atom. The summed E-state index contributed by atoms with van der Waals surface area (Å²) in [5.74, 6) is 0.574. The van der Waals surface area contributed by atoms with Crippen LogP contribution in [-0.4, -0.2) is 28.9 Å². The van der Waals surface area contributed by atoms with Crippen LogP contribution < -0.4 is 10.6 Å². The van der Waals surface area contributed by atoms with Crippen molar-refractivity contribution >= 4 is 34.9 Å². The van der Waals surface area contributed by atoms with E-state index < -0.39 is 5.54 Å². The van der Waals surface area contributed by atoms with Gasteiger partial charge in [0.1, 0.15) is 5.54 Å². The second-order valence-corrected chi connectivity index (χ2v) is 9.24. The maximum atomic E-state index is 12.8. The number of rotatable bonds is 7. The molecule has 0 aliphatic heterocycles. The number of likely N-dealkylation sites (N-methyl/N-ethyl adjacent to an activating group) is 1. The normalized spacial score (nSPS) is 15.8. The van der Waals surface area contributed by atoms with Gasteiger partial charge >= 0.3 is 0 Å². The smallest absolute Gasteiger partial charge is 0.252 e. The second-order valence-electron chi connectivity index (χ2n) is 7.13. The number of carbonyl (C=O) groups is 2. The molecule has 1 saturated carbocycles. The monoisotopic (exact) mass is 417 g/mol. The van der Waals surface area contributed by atoms with Crippen LogP contribution in [0.1, 0.15) is 60.1 Å². The molecule has 2 N–H and O–H groups in total. The van der Waals surface area contributed by atoms with Gasteiger partial charge in [-0.25, -0.2) is 4.98 Å². The van der Waals surface area contributed by atoms with Gasteiger partial charge in [0, 0.05) is 28.1 Å². The minimum atomic E-state index is -0.777. The van der Waals surface area contributed by atoms with Gasteiger partial charge in [0.15, 0.2) is 0 Å². The van der Waals surface area contributed by atoms with Crippen molar-refractivity contribution in [1.29, 1.82) is 0 Å². The summed E-state index contributed by atoms with van der Waals surface area (Å²) in [6.45, 7) is 4.48. The highest BCUT2D eigenvalue weighted by Gasteiger charge is 2.40. The molecule has 0 saturated heterocycles. The van der Waals surface area contributed by atoms with Crippen molar-refractivity contribution < 1.29 is 9.59 Å². The van der Waals surface area contributed by atoms with Crippen LogP contribution in [0.25, 0.3) is 0 Å². The van der Waals surface area contributed by atoms with Crippen molar-refractivity contribution in [1.82, 2.24) is 15.6 Å². The zero-order valence-corrected chi connectivity index (χ0v) is 18.0. The van der Waals surface area contributed by atoms with E-state index >= 15 is 0 Å². The fraction of sp³-hybridized carbons (Fsp3) is 0.476. The van der Waals surface area contributed by atoms with Crippen molar-refractivity contribution in [3.63, 3.8) is 0 Å². The van der Waals surface area contributed by atoms with E-state index in [1.165, 1.54) is 0 Å². The van der Waals surface area contributed by atoms with E-state index in [1.807, 2.05) is 38.1 Å². The fourth-order valence-corrected chi connectivity index (χ4v) is 5.03. The zero-order valence-electron chi connectivity index (χ0n) is 16.4. The number of nitrogens with one attached hydrogen (secondary N) is 2. The first-order valence-electron chi connectivity index (χ1n) is 9.77. The predicted octanol–water partition coefficient (Wildman–Crippen LogP) is 4.31. The number of thiazole rings is 1. The van der Waals surface area contributed by atoms with Crippen LogP contribution in [-0.2, 0) is 10.5 Å². The lowest BCUT2D eigenvalue weighted by Crippen LogP contribution is -2.59. The van der Waals surface area contributed by atoms with Gasteiger partial charge in [-0.05, 0) is 51.0 Å². The molecule has 3 rings (SSSR count). The molecule has 1 aliphatic rings. The van der Waals surface area contributed by atoms with Gasteiger partial charge in [0.05, 0.1) is 10.7 Å².